The summed E-state index contributed by atoms with van der Waals surface area (Å²) in [6.07, 6.45) is 3.50. The minimum Gasteiger partial charge on any atom is -0.302 e. The van der Waals surface area contributed by atoms with Gasteiger partial charge in [0.2, 0.25) is 0 Å². The van der Waals surface area contributed by atoms with Crippen molar-refractivity contribution in [1.29, 1.82) is 0 Å². The molecule has 0 aromatic heterocycles. The second-order valence-corrected chi connectivity index (χ2v) is 5.85. The zero-order chi connectivity index (χ0) is 14.7. The van der Waals surface area contributed by atoms with Crippen LogP contribution in [0.25, 0.3) is 0 Å². The van der Waals surface area contributed by atoms with Crippen LogP contribution in [-0.2, 0) is 4.79 Å². The highest BCUT2D eigenvalue weighted by Crippen LogP contribution is 2.31. The van der Waals surface area contributed by atoms with E-state index in [0.717, 1.165) is 5.69 Å². The number of hydrogen-bond donors (Lipinski definition) is 1. The van der Waals surface area contributed by atoms with Crippen molar-refractivity contribution in [3.63, 3.8) is 0 Å². The molecule has 2 rings (SSSR count). The Morgan fingerprint density at radius 2 is 2.40 bits per heavy atom. The van der Waals surface area contributed by atoms with Crippen LogP contribution in [0, 0.1) is 0 Å². The van der Waals surface area contributed by atoms with Crippen molar-refractivity contribution in [3.05, 3.63) is 41.4 Å². The largest absolute Gasteiger partial charge is 0.302 e. The number of rotatable bonds is 3. The molecular formula is C13H12ClN3OS2. The number of anilines is 1. The normalized spacial score (nSPS) is 15.4. The number of hydrazone groups is 1. The molecule has 1 heterocycles. The fourth-order valence-corrected chi connectivity index (χ4v) is 2.21. The Kier molecular flexibility index (Phi) is 4.80. The van der Waals surface area contributed by atoms with E-state index in [1.807, 2.05) is 6.26 Å². The Morgan fingerprint density at radius 1 is 1.65 bits per heavy atom. The van der Waals surface area contributed by atoms with Gasteiger partial charge < -0.3 is 4.90 Å². The molecule has 1 amide bonds. The molecule has 1 aromatic rings. The second-order valence-electron chi connectivity index (χ2n) is 3.93. The average molecular weight is 326 g/mol. The molecule has 104 valence electrons. The number of halogens is 1. The number of nitrogens with one attached hydrogen (secondary N) is 1. The van der Waals surface area contributed by atoms with Crippen molar-refractivity contribution in [3.8, 4) is 0 Å². The van der Waals surface area contributed by atoms with Gasteiger partial charge in [-0.25, -0.2) is 0 Å². The van der Waals surface area contributed by atoms with Crippen molar-refractivity contribution in [2.75, 3.05) is 17.7 Å². The Morgan fingerprint density at radius 3 is 3.05 bits per heavy atom. The number of thioether (sulfide) groups is 1. The van der Waals surface area contributed by atoms with Gasteiger partial charge in [0.1, 0.15) is 0 Å². The first-order chi connectivity index (χ1) is 9.58. The van der Waals surface area contributed by atoms with Crippen LogP contribution in [0.1, 0.15) is 5.56 Å². The highest BCUT2D eigenvalue weighted by molar-refractivity contribution is 8.22. The van der Waals surface area contributed by atoms with Gasteiger partial charge in [0, 0.05) is 17.1 Å². The molecule has 0 saturated carbocycles. The number of amides is 1. The van der Waals surface area contributed by atoms with Crippen molar-refractivity contribution in [1.82, 2.24) is 5.43 Å². The van der Waals surface area contributed by atoms with E-state index in [2.05, 4.69) is 17.1 Å². The lowest BCUT2D eigenvalue weighted by Gasteiger charge is -2.13. The van der Waals surface area contributed by atoms with Crippen LogP contribution < -0.4 is 10.3 Å². The zero-order valence-electron chi connectivity index (χ0n) is 10.7. The summed E-state index contributed by atoms with van der Waals surface area (Å²) in [4.78, 5) is 14.0. The first kappa shape index (κ1) is 15.0. The fraction of sp³-hybridized carbons (Fsp3) is 0.154. The highest BCUT2D eigenvalue weighted by atomic mass is 35.5. The predicted octanol–water partition coefficient (Wildman–Crippen LogP) is 2.81. The Balaban J connectivity index is 2.44. The minimum absolute atomic E-state index is 0.196. The molecule has 1 aromatic carbocycles. The summed E-state index contributed by atoms with van der Waals surface area (Å²) in [7, 11) is 0. The fourth-order valence-electron chi connectivity index (χ4n) is 1.85. The van der Waals surface area contributed by atoms with Gasteiger partial charge in [0.15, 0.2) is 10.0 Å². The molecule has 0 aliphatic carbocycles. The van der Waals surface area contributed by atoms with E-state index in [4.69, 9.17) is 23.8 Å². The van der Waals surface area contributed by atoms with E-state index in [1.165, 1.54) is 11.8 Å². The van der Waals surface area contributed by atoms with Crippen LogP contribution in [0.5, 0.6) is 0 Å². The number of thiocarbonyl (C=S) groups is 1. The molecule has 1 aliphatic heterocycles. The van der Waals surface area contributed by atoms with E-state index in [-0.39, 0.29) is 5.91 Å². The number of hydrogen-bond acceptors (Lipinski definition) is 4. The van der Waals surface area contributed by atoms with Crippen LogP contribution in [-0.4, -0.2) is 28.7 Å². The Bertz CT molecular complexity index is 616. The number of carbonyl (C=O) groups is 1. The lowest BCUT2D eigenvalue weighted by Crippen LogP contribution is -2.31. The van der Waals surface area contributed by atoms with Crippen LogP contribution in [0.15, 0.2) is 36.0 Å². The quantitative estimate of drug-likeness (QED) is 0.527. The smallest absolute Gasteiger partial charge is 0.279 e. The molecule has 0 fully saturated rings. The highest BCUT2D eigenvalue weighted by Gasteiger charge is 2.33. The van der Waals surface area contributed by atoms with E-state index in [0.29, 0.717) is 27.2 Å². The molecule has 0 atom stereocenters. The van der Waals surface area contributed by atoms with Gasteiger partial charge in [-0.15, -0.1) is 6.58 Å². The van der Waals surface area contributed by atoms with E-state index >= 15 is 0 Å². The third kappa shape index (κ3) is 2.87. The summed E-state index contributed by atoms with van der Waals surface area (Å²) in [5.74, 6) is -0.196. The number of benzene rings is 1. The van der Waals surface area contributed by atoms with Crippen molar-refractivity contribution >= 4 is 57.2 Å². The van der Waals surface area contributed by atoms with Crippen LogP contribution in [0.2, 0.25) is 5.02 Å². The van der Waals surface area contributed by atoms with Crippen molar-refractivity contribution in [2.45, 2.75) is 0 Å². The standard InChI is InChI=1S/C13H12ClN3OS2/c1-3-6-17-10-5-4-8(14)7-9(10)11(12(17)18)15-16-13(19)20-2/h3-5,7H,1,6H2,2H3,(H,16,19). The molecule has 0 unspecified atom stereocenters. The third-order valence-corrected chi connectivity index (χ3v) is 4.00. The lowest BCUT2D eigenvalue weighted by atomic mass is 10.1. The second kappa shape index (κ2) is 6.39. The maximum Gasteiger partial charge on any atom is 0.279 e. The first-order valence-corrected chi connectivity index (χ1v) is 7.74. The number of nitrogens with zero attached hydrogens (tertiary/aromatic N) is 2. The molecule has 0 bridgehead atoms. The monoisotopic (exact) mass is 325 g/mol. The Labute approximate surface area is 131 Å². The zero-order valence-corrected chi connectivity index (χ0v) is 13.1. The van der Waals surface area contributed by atoms with Crippen LogP contribution in [0.3, 0.4) is 0 Å². The molecule has 0 saturated heterocycles. The van der Waals surface area contributed by atoms with Crippen molar-refractivity contribution < 1.29 is 4.79 Å². The van der Waals surface area contributed by atoms with Crippen LogP contribution in [0.4, 0.5) is 5.69 Å². The minimum atomic E-state index is -0.196. The van der Waals surface area contributed by atoms with Gasteiger partial charge in [-0.2, -0.15) is 5.10 Å². The molecule has 1 aliphatic rings. The van der Waals surface area contributed by atoms with Gasteiger partial charge in [0.25, 0.3) is 5.91 Å². The van der Waals surface area contributed by atoms with Crippen LogP contribution >= 0.6 is 35.6 Å². The van der Waals surface area contributed by atoms with Gasteiger partial charge in [0.05, 0.1) is 5.69 Å². The summed E-state index contributed by atoms with van der Waals surface area (Å²) in [5, 5.41) is 4.66. The van der Waals surface area contributed by atoms with E-state index in [9.17, 15) is 4.79 Å². The predicted molar refractivity (Wildman–Crippen MR) is 89.8 cm³/mol. The molecule has 20 heavy (non-hydrogen) atoms. The van der Waals surface area contributed by atoms with E-state index < -0.39 is 0 Å². The first-order valence-electron chi connectivity index (χ1n) is 5.72. The molecule has 0 spiro atoms. The average Bonchev–Trinajstić information content (AvgIpc) is 2.69. The van der Waals surface area contributed by atoms with E-state index in [1.54, 1.807) is 29.2 Å². The molecule has 4 nitrogen and oxygen atoms in total. The molecule has 0 radical (unpaired) electrons. The molecule has 7 heteroatoms. The summed E-state index contributed by atoms with van der Waals surface area (Å²) in [5.41, 5.74) is 4.47. The summed E-state index contributed by atoms with van der Waals surface area (Å²) >= 11 is 12.4. The van der Waals surface area contributed by atoms with Gasteiger partial charge in [-0.05, 0) is 24.5 Å². The maximum absolute atomic E-state index is 12.4. The number of carbonyl (C=O) groups excluding carboxylic acids is 1. The summed E-state index contributed by atoms with van der Waals surface area (Å²) < 4.78 is 0.496. The summed E-state index contributed by atoms with van der Waals surface area (Å²) in [6.45, 7) is 4.08. The van der Waals surface area contributed by atoms with Gasteiger partial charge in [-0.1, -0.05) is 41.7 Å². The Hall–Kier alpha value is -1.37. The number of fused-ring (bicyclic) bond motifs is 1. The maximum atomic E-state index is 12.4. The summed E-state index contributed by atoms with van der Waals surface area (Å²) in [6, 6.07) is 5.27. The third-order valence-electron chi connectivity index (χ3n) is 2.71. The van der Waals surface area contributed by atoms with Crippen molar-refractivity contribution in [2.24, 2.45) is 5.10 Å². The molecule has 1 N–H and O–H groups in total. The molecular weight excluding hydrogens is 314 g/mol. The van der Waals surface area contributed by atoms with Gasteiger partial charge >= 0.3 is 0 Å². The topological polar surface area (TPSA) is 44.7 Å². The lowest BCUT2D eigenvalue weighted by molar-refractivity contribution is -0.112. The SMILES string of the molecule is C=CCN1C(=O)C(=NNC(=S)SC)c2cc(Cl)ccc21. The van der Waals surface area contributed by atoms with Gasteiger partial charge in [-0.3, -0.25) is 10.2 Å².